The minimum Gasteiger partial charge on any atom is -0.493 e. The summed E-state index contributed by atoms with van der Waals surface area (Å²) in [5, 5.41) is 16.0. The summed E-state index contributed by atoms with van der Waals surface area (Å²) < 4.78 is 16.5. The lowest BCUT2D eigenvalue weighted by molar-refractivity contribution is 0.0918. The lowest BCUT2D eigenvalue weighted by Crippen LogP contribution is -2.39. The van der Waals surface area contributed by atoms with Crippen molar-refractivity contribution in [3.05, 3.63) is 90.1 Å². The minimum absolute atomic E-state index is 0.185. The molecule has 38 heavy (non-hydrogen) atoms. The van der Waals surface area contributed by atoms with Crippen LogP contribution in [0.1, 0.15) is 15.9 Å². The first kappa shape index (κ1) is 25.2. The van der Waals surface area contributed by atoms with Crippen molar-refractivity contribution < 1.29 is 24.1 Å². The van der Waals surface area contributed by atoms with Gasteiger partial charge in [-0.05, 0) is 64.2 Å². The zero-order chi connectivity index (χ0) is 26.6. The van der Waals surface area contributed by atoms with Gasteiger partial charge in [-0.15, -0.1) is 0 Å². The van der Waals surface area contributed by atoms with Crippen LogP contribution in [-0.2, 0) is 6.42 Å². The fraction of sp³-hybridized carbons (Fsp3) is 0.194. The number of ether oxygens (including phenoxy) is 3. The van der Waals surface area contributed by atoms with Crippen LogP contribution in [0.5, 0.6) is 17.2 Å². The molecule has 1 aromatic heterocycles. The zero-order valence-corrected chi connectivity index (χ0v) is 21.6. The number of benzene rings is 4. The van der Waals surface area contributed by atoms with Gasteiger partial charge >= 0.3 is 0 Å². The molecule has 0 unspecified atom stereocenters. The Bertz CT molecular complexity index is 1580. The summed E-state index contributed by atoms with van der Waals surface area (Å²) in [6.07, 6.45) is 2.43. The molecular weight excluding hydrogens is 480 g/mol. The number of para-hydroxylation sites is 1. The van der Waals surface area contributed by atoms with Crippen molar-refractivity contribution in [2.45, 2.75) is 12.5 Å². The van der Waals surface area contributed by atoms with Crippen LogP contribution in [0.4, 0.5) is 0 Å². The van der Waals surface area contributed by atoms with E-state index in [-0.39, 0.29) is 12.5 Å². The van der Waals surface area contributed by atoms with Gasteiger partial charge < -0.3 is 29.6 Å². The number of amides is 1. The average Bonchev–Trinajstić information content (AvgIpc) is 3.37. The maximum atomic E-state index is 13.7. The molecule has 7 nitrogen and oxygen atoms in total. The second-order valence-electron chi connectivity index (χ2n) is 9.08. The molecule has 1 atom stereocenters. The van der Waals surface area contributed by atoms with Gasteiger partial charge in [0.05, 0.1) is 34.0 Å². The van der Waals surface area contributed by atoms with Crippen LogP contribution in [0.3, 0.4) is 0 Å². The van der Waals surface area contributed by atoms with Crippen molar-refractivity contribution in [2.75, 3.05) is 27.9 Å². The van der Waals surface area contributed by atoms with Gasteiger partial charge in [0.15, 0.2) is 11.5 Å². The van der Waals surface area contributed by atoms with Gasteiger partial charge in [-0.25, -0.2) is 0 Å². The van der Waals surface area contributed by atoms with Crippen molar-refractivity contribution in [3.63, 3.8) is 0 Å². The third kappa shape index (κ3) is 4.76. The van der Waals surface area contributed by atoms with E-state index in [4.69, 9.17) is 14.2 Å². The van der Waals surface area contributed by atoms with E-state index in [9.17, 15) is 9.90 Å². The molecule has 4 aromatic carbocycles. The van der Waals surface area contributed by atoms with Gasteiger partial charge in [-0.3, -0.25) is 4.79 Å². The number of fused-ring (bicyclic) bond motifs is 2. The Kier molecular flexibility index (Phi) is 7.20. The van der Waals surface area contributed by atoms with Crippen LogP contribution >= 0.6 is 0 Å². The monoisotopic (exact) mass is 510 g/mol. The summed E-state index contributed by atoms with van der Waals surface area (Å²) >= 11 is 0. The van der Waals surface area contributed by atoms with Crippen molar-refractivity contribution in [1.82, 2.24) is 10.3 Å². The highest BCUT2D eigenvalue weighted by Crippen LogP contribution is 2.42. The van der Waals surface area contributed by atoms with E-state index in [0.29, 0.717) is 29.2 Å². The first-order valence-corrected chi connectivity index (χ1v) is 12.4. The van der Waals surface area contributed by atoms with Crippen LogP contribution in [-0.4, -0.2) is 50.0 Å². The Morgan fingerprint density at radius 3 is 2.21 bits per heavy atom. The molecule has 194 valence electrons. The molecule has 3 N–H and O–H groups in total. The van der Waals surface area contributed by atoms with E-state index in [0.717, 1.165) is 38.4 Å². The van der Waals surface area contributed by atoms with Crippen molar-refractivity contribution in [1.29, 1.82) is 0 Å². The molecule has 0 saturated carbocycles. The number of hydrogen-bond acceptors (Lipinski definition) is 5. The van der Waals surface area contributed by atoms with Gasteiger partial charge in [0.2, 0.25) is 5.75 Å². The number of carbonyl (C=O) groups is 1. The predicted molar refractivity (Wildman–Crippen MR) is 149 cm³/mol. The number of nitrogens with one attached hydrogen (secondary N) is 2. The molecule has 0 fully saturated rings. The molecule has 5 rings (SSSR count). The first-order chi connectivity index (χ1) is 18.6. The molecule has 0 aliphatic heterocycles. The number of methoxy groups -OCH3 is 3. The summed E-state index contributed by atoms with van der Waals surface area (Å²) in [6, 6.07) is 22.9. The van der Waals surface area contributed by atoms with E-state index in [1.165, 1.54) is 0 Å². The standard InChI is InChI=1S/C31H30N2O5/c1-36-28-15-21(16-29(37-2)30(28)38-3)20-12-19-8-4-5-9-24(19)26(14-20)31(35)33-23(18-34)13-22-17-32-27-11-7-6-10-25(22)27/h4-12,14-17,23,32,34H,13,18H2,1-3H3,(H,33,35)/t23-/m1/s1. The molecule has 0 spiro atoms. The smallest absolute Gasteiger partial charge is 0.252 e. The maximum absolute atomic E-state index is 13.7. The molecule has 0 saturated heterocycles. The van der Waals surface area contributed by atoms with Crippen molar-refractivity contribution in [3.8, 4) is 28.4 Å². The van der Waals surface area contributed by atoms with E-state index in [1.54, 1.807) is 21.3 Å². The summed E-state index contributed by atoms with van der Waals surface area (Å²) in [5.41, 5.74) is 4.22. The number of aromatic nitrogens is 1. The topological polar surface area (TPSA) is 92.8 Å². The summed E-state index contributed by atoms with van der Waals surface area (Å²) in [6.45, 7) is -0.185. The van der Waals surface area contributed by atoms with Gasteiger partial charge in [0.1, 0.15) is 0 Å². The predicted octanol–water partition coefficient (Wildman–Crippen LogP) is 5.35. The fourth-order valence-corrected chi connectivity index (χ4v) is 4.90. The van der Waals surface area contributed by atoms with Crippen LogP contribution in [0.2, 0.25) is 0 Å². The third-order valence-corrected chi connectivity index (χ3v) is 6.80. The Morgan fingerprint density at radius 2 is 1.53 bits per heavy atom. The summed E-state index contributed by atoms with van der Waals surface area (Å²) in [7, 11) is 4.71. The summed E-state index contributed by atoms with van der Waals surface area (Å²) in [5.74, 6) is 1.30. The fourth-order valence-electron chi connectivity index (χ4n) is 4.90. The molecule has 0 radical (unpaired) electrons. The molecule has 5 aromatic rings. The Labute approximate surface area is 221 Å². The van der Waals surface area contributed by atoms with E-state index >= 15 is 0 Å². The molecular formula is C31H30N2O5. The number of aliphatic hydroxyl groups excluding tert-OH is 1. The van der Waals surface area contributed by atoms with Crippen molar-refractivity contribution >= 4 is 27.6 Å². The van der Waals surface area contributed by atoms with Crippen LogP contribution in [0.15, 0.2) is 79.0 Å². The van der Waals surface area contributed by atoms with E-state index in [1.807, 2.05) is 79.0 Å². The Hall–Kier alpha value is -4.49. The Morgan fingerprint density at radius 1 is 0.868 bits per heavy atom. The highest BCUT2D eigenvalue weighted by molar-refractivity contribution is 6.09. The number of H-pyrrole nitrogens is 1. The highest BCUT2D eigenvalue weighted by atomic mass is 16.5. The number of carbonyl (C=O) groups excluding carboxylic acids is 1. The van der Waals surface area contributed by atoms with Crippen LogP contribution in [0, 0.1) is 0 Å². The number of rotatable bonds is 9. The molecule has 0 aliphatic rings. The largest absolute Gasteiger partial charge is 0.493 e. The lowest BCUT2D eigenvalue weighted by Gasteiger charge is -2.18. The van der Waals surface area contributed by atoms with Crippen LogP contribution < -0.4 is 19.5 Å². The molecule has 1 amide bonds. The quantitative estimate of drug-likeness (QED) is 0.249. The minimum atomic E-state index is -0.453. The maximum Gasteiger partial charge on any atom is 0.252 e. The van der Waals surface area contributed by atoms with Crippen LogP contribution in [0.25, 0.3) is 32.8 Å². The van der Waals surface area contributed by atoms with Gasteiger partial charge in [-0.1, -0.05) is 42.5 Å². The second-order valence-corrected chi connectivity index (χ2v) is 9.08. The van der Waals surface area contributed by atoms with Crippen molar-refractivity contribution in [2.24, 2.45) is 0 Å². The molecule has 0 bridgehead atoms. The van der Waals surface area contributed by atoms with E-state index < -0.39 is 6.04 Å². The highest BCUT2D eigenvalue weighted by Gasteiger charge is 2.20. The van der Waals surface area contributed by atoms with Gasteiger partial charge in [0, 0.05) is 22.7 Å². The van der Waals surface area contributed by atoms with E-state index in [2.05, 4.69) is 10.3 Å². The SMILES string of the molecule is COc1cc(-c2cc(C(=O)N[C@@H](CO)Cc3c[nH]c4ccccc34)c3ccccc3c2)cc(OC)c1OC. The molecule has 7 heteroatoms. The normalized spacial score (nSPS) is 11.9. The number of aliphatic hydroxyl groups is 1. The lowest BCUT2D eigenvalue weighted by atomic mass is 9.95. The zero-order valence-electron chi connectivity index (χ0n) is 21.6. The number of aromatic amines is 1. The molecule has 0 aliphatic carbocycles. The van der Waals surface area contributed by atoms with Gasteiger partial charge in [-0.2, -0.15) is 0 Å². The first-order valence-electron chi connectivity index (χ1n) is 12.4. The van der Waals surface area contributed by atoms with Gasteiger partial charge in [0.25, 0.3) is 5.91 Å². The average molecular weight is 511 g/mol. The molecule has 1 heterocycles. The second kappa shape index (κ2) is 10.9. The third-order valence-electron chi connectivity index (χ3n) is 6.80. The summed E-state index contributed by atoms with van der Waals surface area (Å²) in [4.78, 5) is 16.9. The number of hydrogen-bond donors (Lipinski definition) is 3. The Balaban J connectivity index is 1.51.